The zero-order chi connectivity index (χ0) is 23.7. The molecular formula is C23H22FN3O6. The fourth-order valence-electron chi connectivity index (χ4n) is 3.71. The minimum atomic E-state index is -0.624. The van der Waals surface area contributed by atoms with Gasteiger partial charge in [-0.05, 0) is 30.3 Å². The summed E-state index contributed by atoms with van der Waals surface area (Å²) in [6.07, 6.45) is 0.284. The van der Waals surface area contributed by atoms with Crippen molar-refractivity contribution >= 4 is 40.9 Å². The quantitative estimate of drug-likeness (QED) is 0.649. The van der Waals surface area contributed by atoms with Gasteiger partial charge in [0.15, 0.2) is 11.5 Å². The van der Waals surface area contributed by atoms with E-state index in [2.05, 4.69) is 10.6 Å². The molecule has 2 aliphatic heterocycles. The van der Waals surface area contributed by atoms with Crippen LogP contribution in [-0.4, -0.2) is 51.3 Å². The summed E-state index contributed by atoms with van der Waals surface area (Å²) in [5.41, 5.74) is 1.85. The van der Waals surface area contributed by atoms with Gasteiger partial charge in [-0.3, -0.25) is 14.5 Å². The number of amides is 3. The number of carbonyl (C=O) groups excluding carboxylic acids is 3. The monoisotopic (exact) mass is 455 g/mol. The van der Waals surface area contributed by atoms with Gasteiger partial charge in [0.1, 0.15) is 11.9 Å². The highest BCUT2D eigenvalue weighted by Gasteiger charge is 2.33. The Kier molecular flexibility index (Phi) is 5.91. The molecule has 0 aliphatic carbocycles. The van der Waals surface area contributed by atoms with Crippen molar-refractivity contribution in [1.29, 1.82) is 0 Å². The summed E-state index contributed by atoms with van der Waals surface area (Å²) in [4.78, 5) is 37.1. The molecule has 0 unspecified atom stereocenters. The number of rotatable bonds is 6. The van der Waals surface area contributed by atoms with Gasteiger partial charge in [0, 0.05) is 29.7 Å². The highest BCUT2D eigenvalue weighted by Crippen LogP contribution is 2.41. The van der Waals surface area contributed by atoms with Gasteiger partial charge in [-0.15, -0.1) is 0 Å². The van der Waals surface area contributed by atoms with Gasteiger partial charge in [-0.1, -0.05) is 0 Å². The van der Waals surface area contributed by atoms with Crippen molar-refractivity contribution in [3.05, 3.63) is 47.3 Å². The summed E-state index contributed by atoms with van der Waals surface area (Å²) in [5, 5.41) is 5.32. The van der Waals surface area contributed by atoms with E-state index in [0.29, 0.717) is 28.4 Å². The van der Waals surface area contributed by atoms with Crippen molar-refractivity contribution in [3.63, 3.8) is 0 Å². The van der Waals surface area contributed by atoms with E-state index in [0.717, 1.165) is 0 Å². The molecular weight excluding hydrogens is 433 g/mol. The Hall–Kier alpha value is -4.08. The number of cyclic esters (lactones) is 1. The minimum Gasteiger partial charge on any atom is -0.493 e. The molecule has 0 aromatic heterocycles. The Morgan fingerprint density at radius 2 is 1.97 bits per heavy atom. The number of benzene rings is 2. The third kappa shape index (κ3) is 4.32. The molecule has 1 atom stereocenters. The summed E-state index contributed by atoms with van der Waals surface area (Å²) in [7, 11) is 2.98. The molecule has 0 bridgehead atoms. The molecule has 0 saturated carbocycles. The standard InChI is InChI=1S/C23H22FN3O6/c1-12(28)25-10-15-11-27(23(30)33-15)14-5-4-13(18(24)7-14)6-17-16-8-20(31-2)21(32-3)9-19(16)26-22(17)29/h4-9,15H,10-11H2,1-3H3,(H,25,28)(H,26,29)/b17-6+/t15-/m0/s1. The van der Waals surface area contributed by atoms with Gasteiger partial charge >= 0.3 is 6.09 Å². The number of hydrogen-bond acceptors (Lipinski definition) is 6. The number of anilines is 2. The van der Waals surface area contributed by atoms with Crippen LogP contribution in [0.5, 0.6) is 11.5 Å². The first-order valence-electron chi connectivity index (χ1n) is 10.1. The van der Waals surface area contributed by atoms with Crippen LogP contribution in [0.2, 0.25) is 0 Å². The molecule has 2 aliphatic rings. The van der Waals surface area contributed by atoms with E-state index in [1.54, 1.807) is 18.2 Å². The van der Waals surface area contributed by atoms with E-state index in [4.69, 9.17) is 14.2 Å². The number of hydrogen-bond donors (Lipinski definition) is 2. The molecule has 172 valence electrons. The van der Waals surface area contributed by atoms with Crippen molar-refractivity contribution in [2.75, 3.05) is 37.5 Å². The smallest absolute Gasteiger partial charge is 0.414 e. The Labute approximate surface area is 189 Å². The van der Waals surface area contributed by atoms with Crippen LogP contribution in [0.1, 0.15) is 18.1 Å². The minimum absolute atomic E-state index is 0.174. The second-order valence-electron chi connectivity index (χ2n) is 7.52. The zero-order valence-electron chi connectivity index (χ0n) is 18.2. The molecule has 2 aromatic carbocycles. The molecule has 1 fully saturated rings. The molecule has 2 heterocycles. The van der Waals surface area contributed by atoms with Gasteiger partial charge in [-0.25, -0.2) is 9.18 Å². The van der Waals surface area contributed by atoms with Crippen LogP contribution >= 0.6 is 0 Å². The summed E-state index contributed by atoms with van der Waals surface area (Å²) in [6.45, 7) is 1.72. The maximum Gasteiger partial charge on any atom is 0.414 e. The van der Waals surface area contributed by atoms with Crippen molar-refractivity contribution in [3.8, 4) is 11.5 Å². The maximum absolute atomic E-state index is 14.9. The van der Waals surface area contributed by atoms with Crippen LogP contribution < -0.4 is 25.0 Å². The van der Waals surface area contributed by atoms with Gasteiger partial charge in [0.05, 0.1) is 38.7 Å². The Morgan fingerprint density at radius 3 is 2.64 bits per heavy atom. The van der Waals surface area contributed by atoms with Crippen LogP contribution in [0.15, 0.2) is 30.3 Å². The maximum atomic E-state index is 14.9. The van der Waals surface area contributed by atoms with E-state index >= 15 is 0 Å². The van der Waals surface area contributed by atoms with Crippen molar-refractivity contribution in [2.24, 2.45) is 0 Å². The van der Waals surface area contributed by atoms with E-state index in [1.807, 2.05) is 0 Å². The first kappa shape index (κ1) is 22.1. The second-order valence-corrected chi connectivity index (χ2v) is 7.52. The zero-order valence-corrected chi connectivity index (χ0v) is 18.2. The van der Waals surface area contributed by atoms with E-state index in [1.165, 1.54) is 44.3 Å². The number of nitrogens with zero attached hydrogens (tertiary/aromatic N) is 1. The highest BCUT2D eigenvalue weighted by atomic mass is 19.1. The Morgan fingerprint density at radius 1 is 1.24 bits per heavy atom. The number of halogens is 1. The SMILES string of the molecule is COc1cc2c(cc1OC)/C(=C\c1ccc(N3C[C@H](CNC(C)=O)OC3=O)cc1F)C(=O)N2. The molecule has 33 heavy (non-hydrogen) atoms. The number of nitrogens with one attached hydrogen (secondary N) is 2. The molecule has 0 radical (unpaired) electrons. The van der Waals surface area contributed by atoms with Crippen molar-refractivity contribution < 1.29 is 33.0 Å². The number of fused-ring (bicyclic) bond motifs is 1. The third-order valence-corrected chi connectivity index (χ3v) is 5.36. The highest BCUT2D eigenvalue weighted by molar-refractivity contribution is 6.35. The molecule has 2 aromatic rings. The lowest BCUT2D eigenvalue weighted by Crippen LogP contribution is -2.33. The summed E-state index contributed by atoms with van der Waals surface area (Å²) >= 11 is 0. The predicted molar refractivity (Wildman–Crippen MR) is 119 cm³/mol. The fraction of sp³-hybridized carbons (Fsp3) is 0.261. The molecule has 9 nitrogen and oxygen atoms in total. The fourth-order valence-corrected chi connectivity index (χ4v) is 3.71. The lowest BCUT2D eigenvalue weighted by atomic mass is 10.0. The number of carbonyl (C=O) groups is 3. The van der Waals surface area contributed by atoms with Crippen LogP contribution in [-0.2, 0) is 14.3 Å². The van der Waals surface area contributed by atoms with Gasteiger partial charge in [0.2, 0.25) is 5.91 Å². The Bertz CT molecular complexity index is 1180. The van der Waals surface area contributed by atoms with Crippen LogP contribution in [0.4, 0.5) is 20.6 Å². The van der Waals surface area contributed by atoms with Gasteiger partial charge in [0.25, 0.3) is 5.91 Å². The van der Waals surface area contributed by atoms with Crippen molar-refractivity contribution in [2.45, 2.75) is 13.0 Å². The van der Waals surface area contributed by atoms with Crippen LogP contribution in [0.3, 0.4) is 0 Å². The molecule has 2 N–H and O–H groups in total. The first-order valence-corrected chi connectivity index (χ1v) is 10.1. The molecule has 3 amide bonds. The average Bonchev–Trinajstić information content (AvgIpc) is 3.31. The second kappa shape index (κ2) is 8.81. The third-order valence-electron chi connectivity index (χ3n) is 5.36. The van der Waals surface area contributed by atoms with E-state index in [-0.39, 0.29) is 36.0 Å². The molecule has 0 spiro atoms. The summed E-state index contributed by atoms with van der Waals surface area (Å²) in [5.74, 6) is -0.326. The molecule has 10 heteroatoms. The topological polar surface area (TPSA) is 106 Å². The van der Waals surface area contributed by atoms with E-state index in [9.17, 15) is 18.8 Å². The lowest BCUT2D eigenvalue weighted by molar-refractivity contribution is -0.119. The van der Waals surface area contributed by atoms with E-state index < -0.39 is 18.0 Å². The van der Waals surface area contributed by atoms with Crippen LogP contribution in [0, 0.1) is 5.82 Å². The summed E-state index contributed by atoms with van der Waals surface area (Å²) in [6, 6.07) is 7.55. The predicted octanol–water partition coefficient (Wildman–Crippen LogP) is 2.80. The number of methoxy groups -OCH3 is 2. The van der Waals surface area contributed by atoms with Gasteiger partial charge < -0.3 is 24.8 Å². The van der Waals surface area contributed by atoms with Crippen LogP contribution in [0.25, 0.3) is 11.6 Å². The lowest BCUT2D eigenvalue weighted by Gasteiger charge is -2.14. The molecule has 4 rings (SSSR count). The largest absolute Gasteiger partial charge is 0.493 e. The summed E-state index contributed by atoms with van der Waals surface area (Å²) < 4.78 is 30.7. The number of ether oxygens (including phenoxy) is 3. The average molecular weight is 455 g/mol. The molecule has 1 saturated heterocycles. The van der Waals surface area contributed by atoms with Gasteiger partial charge in [-0.2, -0.15) is 0 Å². The van der Waals surface area contributed by atoms with Crippen molar-refractivity contribution in [1.82, 2.24) is 5.32 Å². The normalized spacial score (nSPS) is 18.1. The Balaban J connectivity index is 1.59. The first-order chi connectivity index (χ1) is 15.8.